The molecule has 9 heteroatoms. The Labute approximate surface area is 218 Å². The van der Waals surface area contributed by atoms with Crippen LogP contribution in [0.1, 0.15) is 45.9 Å². The van der Waals surface area contributed by atoms with Crippen molar-refractivity contribution in [3.05, 3.63) is 77.2 Å². The van der Waals surface area contributed by atoms with Gasteiger partial charge in [0, 0.05) is 48.4 Å². The molecule has 1 amide bonds. The van der Waals surface area contributed by atoms with E-state index >= 15 is 0 Å². The molecule has 2 N–H and O–H groups in total. The topological polar surface area (TPSA) is 104 Å². The second-order valence-corrected chi connectivity index (χ2v) is 9.94. The number of nitrogen functional groups attached to an aromatic ring is 1. The zero-order valence-electron chi connectivity index (χ0n) is 21.0. The number of rotatable bonds is 3. The maximum Gasteiger partial charge on any atom is 0.254 e. The second-order valence-electron chi connectivity index (χ2n) is 9.94. The molecule has 0 radical (unpaired) electrons. The summed E-state index contributed by atoms with van der Waals surface area (Å²) in [5, 5.41) is 10.1. The summed E-state index contributed by atoms with van der Waals surface area (Å²) in [7, 11) is 3.74. The monoisotopic (exact) mass is 503 g/mol. The first kappa shape index (κ1) is 22.4. The first-order chi connectivity index (χ1) is 18.5. The van der Waals surface area contributed by atoms with Crippen molar-refractivity contribution in [2.45, 2.75) is 24.9 Å². The maximum absolute atomic E-state index is 14.0. The van der Waals surface area contributed by atoms with Crippen LogP contribution in [0.2, 0.25) is 0 Å². The van der Waals surface area contributed by atoms with Gasteiger partial charge in [-0.2, -0.15) is 10.2 Å². The van der Waals surface area contributed by atoms with Crippen molar-refractivity contribution in [3.8, 4) is 17.6 Å². The van der Waals surface area contributed by atoms with Crippen LogP contribution in [0.15, 0.2) is 55.0 Å². The Morgan fingerprint density at radius 3 is 2.68 bits per heavy atom. The number of aryl methyl sites for hydroxylation is 2. The minimum Gasteiger partial charge on any atom is -0.491 e. The Balaban J connectivity index is 1.22. The zero-order valence-corrected chi connectivity index (χ0v) is 21.0. The number of aromatic nitrogens is 5. The molecule has 1 saturated carbocycles. The smallest absolute Gasteiger partial charge is 0.254 e. The highest BCUT2D eigenvalue weighted by molar-refractivity contribution is 6.10. The third kappa shape index (κ3) is 3.65. The lowest BCUT2D eigenvalue weighted by Crippen LogP contribution is -2.37. The Morgan fingerprint density at radius 2 is 1.89 bits per heavy atom. The van der Waals surface area contributed by atoms with Crippen LogP contribution >= 0.6 is 0 Å². The Kier molecular flexibility index (Phi) is 4.91. The molecule has 9 nitrogen and oxygen atoms in total. The molecule has 7 rings (SSSR count). The summed E-state index contributed by atoms with van der Waals surface area (Å²) in [6.45, 7) is 0.425. The molecular weight excluding hydrogens is 478 g/mol. The Hall–Kier alpha value is -4.84. The van der Waals surface area contributed by atoms with Crippen molar-refractivity contribution in [1.82, 2.24) is 29.4 Å². The van der Waals surface area contributed by atoms with Crippen LogP contribution < -0.4 is 10.5 Å². The number of anilines is 1. The number of carbonyl (C=O) groups is 1. The predicted octanol–water partition coefficient (Wildman–Crippen LogP) is 3.58. The average molecular weight is 504 g/mol. The largest absolute Gasteiger partial charge is 0.491 e. The fraction of sp³-hybridized carbons (Fsp3) is 0.241. The van der Waals surface area contributed by atoms with Crippen LogP contribution in [-0.4, -0.2) is 48.0 Å². The van der Waals surface area contributed by atoms with Crippen LogP contribution in [0, 0.1) is 11.8 Å². The van der Waals surface area contributed by atoms with Crippen LogP contribution in [0.5, 0.6) is 5.75 Å². The lowest BCUT2D eigenvalue weighted by molar-refractivity contribution is 0.0630. The summed E-state index contributed by atoms with van der Waals surface area (Å²) in [6, 6.07) is 11.6. The minimum absolute atomic E-state index is 0.0107. The number of benzene rings is 2. The summed E-state index contributed by atoms with van der Waals surface area (Å²) in [4.78, 5) is 20.5. The highest BCUT2D eigenvalue weighted by Crippen LogP contribution is 2.43. The second kappa shape index (κ2) is 8.35. The summed E-state index contributed by atoms with van der Waals surface area (Å²) in [6.07, 6.45) is 7.31. The van der Waals surface area contributed by atoms with Gasteiger partial charge < -0.3 is 15.4 Å². The first-order valence-electron chi connectivity index (χ1n) is 12.6. The highest BCUT2D eigenvalue weighted by atomic mass is 16.5. The van der Waals surface area contributed by atoms with Crippen molar-refractivity contribution in [2.75, 3.05) is 12.3 Å². The van der Waals surface area contributed by atoms with E-state index in [0.717, 1.165) is 57.1 Å². The van der Waals surface area contributed by atoms with Gasteiger partial charge in [-0.25, -0.2) is 4.98 Å². The quantitative estimate of drug-likeness (QED) is 0.378. The SMILES string of the molecule is Cn1cc(C#Cc2ccc3c(c2)OCC3N(C(=O)c2ccc3nc(N)c4cnn(C)c4c3c2)C2CC2)cn1. The molecule has 0 bridgehead atoms. The van der Waals surface area contributed by atoms with Crippen molar-refractivity contribution >= 4 is 33.5 Å². The van der Waals surface area contributed by atoms with Crippen molar-refractivity contribution in [3.63, 3.8) is 0 Å². The van der Waals surface area contributed by atoms with Crippen LogP contribution in [0.25, 0.3) is 21.8 Å². The number of fused-ring (bicyclic) bond motifs is 4. The van der Waals surface area contributed by atoms with Gasteiger partial charge in [0.05, 0.1) is 40.4 Å². The predicted molar refractivity (Wildman–Crippen MR) is 143 cm³/mol. The Bertz CT molecular complexity index is 1820. The van der Waals surface area contributed by atoms with Gasteiger partial charge in [0.1, 0.15) is 18.2 Å². The van der Waals surface area contributed by atoms with E-state index in [-0.39, 0.29) is 18.0 Å². The van der Waals surface area contributed by atoms with Crippen molar-refractivity contribution in [1.29, 1.82) is 0 Å². The molecule has 1 unspecified atom stereocenters. The molecule has 0 spiro atoms. The molecular formula is C29H25N7O2. The summed E-state index contributed by atoms with van der Waals surface area (Å²) >= 11 is 0. The Morgan fingerprint density at radius 1 is 1.05 bits per heavy atom. The molecule has 3 aromatic heterocycles. The molecule has 1 fully saturated rings. The molecule has 0 saturated heterocycles. The van der Waals surface area contributed by atoms with Crippen LogP contribution in [-0.2, 0) is 14.1 Å². The van der Waals surface area contributed by atoms with Gasteiger partial charge >= 0.3 is 0 Å². The maximum atomic E-state index is 14.0. The average Bonchev–Trinajstić information content (AvgIpc) is 3.32. The van der Waals surface area contributed by atoms with E-state index in [2.05, 4.69) is 27.0 Å². The van der Waals surface area contributed by atoms with Gasteiger partial charge in [0.2, 0.25) is 0 Å². The van der Waals surface area contributed by atoms with E-state index in [1.54, 1.807) is 21.8 Å². The zero-order chi connectivity index (χ0) is 26.0. The number of hydrogen-bond acceptors (Lipinski definition) is 6. The number of nitrogens with zero attached hydrogens (tertiary/aromatic N) is 6. The lowest BCUT2D eigenvalue weighted by atomic mass is 10.0. The molecule has 2 aliphatic rings. The van der Waals surface area contributed by atoms with Crippen LogP contribution in [0.4, 0.5) is 5.82 Å². The molecule has 4 heterocycles. The number of carbonyl (C=O) groups excluding carboxylic acids is 1. The molecule has 188 valence electrons. The van der Waals surface area contributed by atoms with Gasteiger partial charge in [0.15, 0.2) is 0 Å². The molecule has 1 aliphatic carbocycles. The van der Waals surface area contributed by atoms with Crippen LogP contribution in [0.3, 0.4) is 0 Å². The van der Waals surface area contributed by atoms with Gasteiger partial charge in [-0.15, -0.1) is 0 Å². The first-order valence-corrected chi connectivity index (χ1v) is 12.6. The fourth-order valence-electron chi connectivity index (χ4n) is 5.29. The molecule has 1 atom stereocenters. The molecule has 5 aromatic rings. The molecule has 38 heavy (non-hydrogen) atoms. The minimum atomic E-state index is -0.151. The number of amides is 1. The van der Waals surface area contributed by atoms with E-state index in [1.807, 2.05) is 61.6 Å². The van der Waals surface area contributed by atoms with E-state index in [1.165, 1.54) is 0 Å². The number of hydrogen-bond donors (Lipinski definition) is 1. The molecule has 1 aliphatic heterocycles. The highest BCUT2D eigenvalue weighted by Gasteiger charge is 2.42. The summed E-state index contributed by atoms with van der Waals surface area (Å²) in [5.74, 6) is 7.52. The summed E-state index contributed by atoms with van der Waals surface area (Å²) in [5.41, 5.74) is 11.1. The van der Waals surface area contributed by atoms with Crippen molar-refractivity contribution in [2.24, 2.45) is 14.1 Å². The fourth-order valence-corrected chi connectivity index (χ4v) is 5.29. The standard InChI is InChI=1S/C29H25N7O2/c1-34-15-18(13-31-34)4-3-17-5-9-21-25(16-38-26(21)11-17)36(20-7-8-20)29(37)19-6-10-24-22(12-19)27-23(28(30)33-24)14-32-35(27)2/h5-6,9-15,20,25H,7-8,16H2,1-2H3,(H2,30,33). The van der Waals surface area contributed by atoms with Gasteiger partial charge in [-0.1, -0.05) is 17.9 Å². The third-order valence-corrected chi connectivity index (χ3v) is 7.29. The van der Waals surface area contributed by atoms with Gasteiger partial charge in [-0.3, -0.25) is 14.2 Å². The lowest BCUT2D eigenvalue weighted by Gasteiger charge is -2.28. The van der Waals surface area contributed by atoms with Gasteiger partial charge in [-0.05, 0) is 43.2 Å². The van der Waals surface area contributed by atoms with E-state index < -0.39 is 0 Å². The van der Waals surface area contributed by atoms with Gasteiger partial charge in [0.25, 0.3) is 5.91 Å². The van der Waals surface area contributed by atoms with E-state index in [4.69, 9.17) is 10.5 Å². The summed E-state index contributed by atoms with van der Waals surface area (Å²) < 4.78 is 9.59. The third-order valence-electron chi connectivity index (χ3n) is 7.29. The number of nitrogens with two attached hydrogens (primary N) is 1. The van der Waals surface area contributed by atoms with E-state index in [0.29, 0.717) is 18.0 Å². The normalized spacial score (nSPS) is 16.2. The molecule has 2 aromatic carbocycles. The number of ether oxygens (including phenoxy) is 1. The van der Waals surface area contributed by atoms with E-state index in [9.17, 15) is 4.79 Å². The number of pyridine rings is 1. The van der Waals surface area contributed by atoms with Crippen molar-refractivity contribution < 1.29 is 9.53 Å².